The van der Waals surface area contributed by atoms with Crippen molar-refractivity contribution in [1.29, 1.82) is 0 Å². The quantitative estimate of drug-likeness (QED) is 0.811. The maximum Gasteiger partial charge on any atom is 0.306 e. The predicted octanol–water partition coefficient (Wildman–Crippen LogP) is 3.95. The molecule has 5 heteroatoms. The van der Waals surface area contributed by atoms with Crippen molar-refractivity contribution >= 4 is 11.9 Å². The predicted molar refractivity (Wildman–Crippen MR) is 103 cm³/mol. The highest BCUT2D eigenvalue weighted by atomic mass is 16.5. The van der Waals surface area contributed by atoms with Crippen molar-refractivity contribution in [3.63, 3.8) is 0 Å². The molecule has 1 aliphatic carbocycles. The maximum atomic E-state index is 12.5. The van der Waals surface area contributed by atoms with Gasteiger partial charge < -0.3 is 15.2 Å². The van der Waals surface area contributed by atoms with Gasteiger partial charge in [-0.25, -0.2) is 0 Å². The second kappa shape index (κ2) is 8.71. The van der Waals surface area contributed by atoms with Gasteiger partial charge in [0.1, 0.15) is 12.4 Å². The van der Waals surface area contributed by atoms with Gasteiger partial charge in [0.15, 0.2) is 0 Å². The summed E-state index contributed by atoms with van der Waals surface area (Å²) in [6.07, 6.45) is 2.62. The van der Waals surface area contributed by atoms with Gasteiger partial charge >= 0.3 is 5.97 Å². The van der Waals surface area contributed by atoms with E-state index >= 15 is 0 Å². The molecule has 2 aromatic rings. The number of aryl methyl sites for hydroxylation is 1. The number of hydrogen-bond acceptors (Lipinski definition) is 3. The lowest BCUT2D eigenvalue weighted by Crippen LogP contribution is -2.38. The number of nitrogens with one attached hydrogen (secondary N) is 1. The van der Waals surface area contributed by atoms with Crippen LogP contribution in [0.3, 0.4) is 0 Å². The molecule has 0 bridgehead atoms. The van der Waals surface area contributed by atoms with Crippen LogP contribution in [0.1, 0.15) is 47.2 Å². The number of carbonyl (C=O) groups is 2. The highest BCUT2D eigenvalue weighted by molar-refractivity contribution is 5.94. The number of aliphatic carboxylic acids is 1. The van der Waals surface area contributed by atoms with E-state index < -0.39 is 5.97 Å². The van der Waals surface area contributed by atoms with Crippen LogP contribution in [-0.2, 0) is 11.4 Å². The second-order valence-electron chi connectivity index (χ2n) is 7.17. The summed E-state index contributed by atoms with van der Waals surface area (Å²) >= 11 is 0. The van der Waals surface area contributed by atoms with E-state index in [0.717, 1.165) is 5.56 Å². The highest BCUT2D eigenvalue weighted by Gasteiger charge is 2.26. The van der Waals surface area contributed by atoms with E-state index in [0.29, 0.717) is 43.6 Å². The van der Waals surface area contributed by atoms with E-state index in [1.54, 1.807) is 12.1 Å². The highest BCUT2D eigenvalue weighted by Crippen LogP contribution is 2.25. The molecule has 0 aromatic heterocycles. The van der Waals surface area contributed by atoms with E-state index in [4.69, 9.17) is 9.84 Å². The van der Waals surface area contributed by atoms with E-state index in [1.807, 2.05) is 37.3 Å². The van der Waals surface area contributed by atoms with Gasteiger partial charge in [0, 0.05) is 11.6 Å². The molecule has 0 spiro atoms. The summed E-state index contributed by atoms with van der Waals surface area (Å²) in [6, 6.07) is 15.3. The Kier molecular flexibility index (Phi) is 6.12. The Morgan fingerprint density at radius 1 is 1.07 bits per heavy atom. The molecule has 0 unspecified atom stereocenters. The van der Waals surface area contributed by atoms with Crippen molar-refractivity contribution < 1.29 is 19.4 Å². The molecule has 0 radical (unpaired) electrons. The maximum absolute atomic E-state index is 12.5. The van der Waals surface area contributed by atoms with Gasteiger partial charge in [0.25, 0.3) is 5.91 Å². The number of carboxylic acids is 1. The first-order valence-corrected chi connectivity index (χ1v) is 9.33. The van der Waals surface area contributed by atoms with Crippen LogP contribution in [0.15, 0.2) is 48.5 Å². The molecular weight excluding hydrogens is 342 g/mol. The summed E-state index contributed by atoms with van der Waals surface area (Å²) in [4.78, 5) is 23.5. The van der Waals surface area contributed by atoms with Crippen LogP contribution in [-0.4, -0.2) is 23.0 Å². The Morgan fingerprint density at radius 3 is 2.52 bits per heavy atom. The molecule has 1 amide bonds. The van der Waals surface area contributed by atoms with Crippen LogP contribution in [0.25, 0.3) is 0 Å². The van der Waals surface area contributed by atoms with Crippen LogP contribution in [0.5, 0.6) is 5.75 Å². The van der Waals surface area contributed by atoms with Gasteiger partial charge in [-0.3, -0.25) is 9.59 Å². The largest absolute Gasteiger partial charge is 0.489 e. The smallest absolute Gasteiger partial charge is 0.306 e. The number of rotatable bonds is 6. The zero-order chi connectivity index (χ0) is 19.2. The monoisotopic (exact) mass is 367 g/mol. The number of benzene rings is 2. The topological polar surface area (TPSA) is 75.6 Å². The molecule has 5 nitrogen and oxygen atoms in total. The molecule has 2 N–H and O–H groups in total. The first-order chi connectivity index (χ1) is 13.0. The molecule has 1 aliphatic rings. The lowest BCUT2D eigenvalue weighted by atomic mass is 9.86. The van der Waals surface area contributed by atoms with E-state index in [-0.39, 0.29) is 17.9 Å². The van der Waals surface area contributed by atoms with Crippen molar-refractivity contribution in [2.24, 2.45) is 5.92 Å². The Bertz CT molecular complexity index is 809. The zero-order valence-corrected chi connectivity index (χ0v) is 15.5. The standard InChI is InChI=1S/C22H25NO4/c1-15-4-2-5-16(12-15)14-27-20-7-3-6-18(13-20)21(24)23-19-10-8-17(9-11-19)22(25)26/h2-7,12-13,17,19H,8-11,14H2,1H3,(H,23,24)(H,25,26). The van der Waals surface area contributed by atoms with Gasteiger partial charge in [0.2, 0.25) is 0 Å². The molecule has 2 aromatic carbocycles. The summed E-state index contributed by atoms with van der Waals surface area (Å²) in [7, 11) is 0. The van der Waals surface area contributed by atoms with Gasteiger partial charge in [-0.2, -0.15) is 0 Å². The van der Waals surface area contributed by atoms with Gasteiger partial charge in [-0.05, 0) is 56.4 Å². The van der Waals surface area contributed by atoms with Crippen LogP contribution in [0.2, 0.25) is 0 Å². The molecule has 142 valence electrons. The van der Waals surface area contributed by atoms with E-state index in [9.17, 15) is 9.59 Å². The molecule has 0 aliphatic heterocycles. The minimum atomic E-state index is -0.738. The molecule has 0 atom stereocenters. The minimum absolute atomic E-state index is 0.0324. The molecule has 27 heavy (non-hydrogen) atoms. The van der Waals surface area contributed by atoms with Crippen LogP contribution in [0, 0.1) is 12.8 Å². The number of ether oxygens (including phenoxy) is 1. The first kappa shape index (κ1) is 19.0. The normalized spacial score (nSPS) is 19.3. The lowest BCUT2D eigenvalue weighted by Gasteiger charge is -2.26. The first-order valence-electron chi connectivity index (χ1n) is 9.33. The number of carbonyl (C=O) groups excluding carboxylic acids is 1. The van der Waals surface area contributed by atoms with Gasteiger partial charge in [-0.15, -0.1) is 0 Å². The van der Waals surface area contributed by atoms with Crippen molar-refractivity contribution in [1.82, 2.24) is 5.32 Å². The van der Waals surface area contributed by atoms with Gasteiger partial charge in [0.05, 0.1) is 5.92 Å². The Morgan fingerprint density at radius 2 is 1.81 bits per heavy atom. The minimum Gasteiger partial charge on any atom is -0.489 e. The van der Waals surface area contributed by atoms with E-state index in [1.165, 1.54) is 5.56 Å². The molecule has 0 heterocycles. The fourth-order valence-corrected chi connectivity index (χ4v) is 3.45. The Hall–Kier alpha value is -2.82. The average Bonchev–Trinajstić information content (AvgIpc) is 2.67. The van der Waals surface area contributed by atoms with Crippen molar-refractivity contribution in [2.75, 3.05) is 0 Å². The molecule has 3 rings (SSSR count). The molecular formula is C22H25NO4. The summed E-state index contributed by atoms with van der Waals surface area (Å²) < 4.78 is 5.82. The summed E-state index contributed by atoms with van der Waals surface area (Å²) in [5.41, 5.74) is 2.82. The van der Waals surface area contributed by atoms with Crippen molar-refractivity contribution in [2.45, 2.75) is 45.3 Å². The fourth-order valence-electron chi connectivity index (χ4n) is 3.45. The number of amides is 1. The van der Waals surface area contributed by atoms with Gasteiger partial charge in [-0.1, -0.05) is 35.9 Å². The third-order valence-electron chi connectivity index (χ3n) is 5.00. The number of hydrogen-bond donors (Lipinski definition) is 2. The molecule has 1 saturated carbocycles. The van der Waals surface area contributed by atoms with Crippen LogP contribution >= 0.6 is 0 Å². The fraction of sp³-hybridized carbons (Fsp3) is 0.364. The SMILES string of the molecule is Cc1cccc(COc2cccc(C(=O)NC3CCC(C(=O)O)CC3)c2)c1. The van der Waals surface area contributed by atoms with Crippen LogP contribution in [0.4, 0.5) is 0 Å². The second-order valence-corrected chi connectivity index (χ2v) is 7.17. The Balaban J connectivity index is 1.55. The van der Waals surface area contributed by atoms with Crippen molar-refractivity contribution in [3.8, 4) is 5.75 Å². The Labute approximate surface area is 159 Å². The van der Waals surface area contributed by atoms with Crippen LogP contribution < -0.4 is 10.1 Å². The zero-order valence-electron chi connectivity index (χ0n) is 15.5. The molecule has 1 fully saturated rings. The third-order valence-corrected chi connectivity index (χ3v) is 5.00. The van der Waals surface area contributed by atoms with E-state index in [2.05, 4.69) is 11.4 Å². The third kappa shape index (κ3) is 5.33. The van der Waals surface area contributed by atoms with Crippen molar-refractivity contribution in [3.05, 3.63) is 65.2 Å². The average molecular weight is 367 g/mol. The lowest BCUT2D eigenvalue weighted by molar-refractivity contribution is -0.142. The summed E-state index contributed by atoms with van der Waals surface area (Å²) in [6.45, 7) is 2.49. The summed E-state index contributed by atoms with van der Waals surface area (Å²) in [5, 5.41) is 12.1. The summed E-state index contributed by atoms with van der Waals surface area (Å²) in [5.74, 6) is -0.511. The number of carboxylic acid groups (broad SMARTS) is 1. The molecule has 0 saturated heterocycles.